The van der Waals surface area contributed by atoms with Crippen LogP contribution in [0.4, 0.5) is 18.9 Å². The number of hydrogen-bond acceptors (Lipinski definition) is 4. The van der Waals surface area contributed by atoms with Gasteiger partial charge in [0.05, 0.1) is 34.8 Å². The van der Waals surface area contributed by atoms with Gasteiger partial charge in [0.25, 0.3) is 0 Å². The van der Waals surface area contributed by atoms with E-state index in [4.69, 9.17) is 11.6 Å². The molecule has 0 aliphatic carbocycles. The van der Waals surface area contributed by atoms with Gasteiger partial charge in [-0.3, -0.25) is 14.1 Å². The molecule has 1 aromatic heterocycles. The second-order valence-electron chi connectivity index (χ2n) is 5.53. The fourth-order valence-electron chi connectivity index (χ4n) is 2.14. The van der Waals surface area contributed by atoms with E-state index in [-0.39, 0.29) is 11.6 Å². The zero-order valence-electron chi connectivity index (χ0n) is 14.0. The van der Waals surface area contributed by atoms with Crippen molar-refractivity contribution < 1.29 is 26.4 Å². The topological polar surface area (TPSA) is 79.4 Å². The van der Waals surface area contributed by atoms with Gasteiger partial charge in [-0.1, -0.05) is 17.7 Å². The van der Waals surface area contributed by atoms with Crippen molar-refractivity contribution in [2.24, 2.45) is 0 Å². The Kier molecular flexibility index (Phi) is 6.32. The molecule has 0 fully saturated rings. The van der Waals surface area contributed by atoms with Crippen LogP contribution in [-0.4, -0.2) is 32.1 Å². The standard InChI is InChI=1S/C16H15ClF3N3O3S/c1-27(25,26)23(10-15(24)22-9-12-4-2-3-7-21-12)14-8-11(16(18,19)20)5-6-13(14)17/h2-8H,9-10H2,1H3,(H,22,24). The Balaban J connectivity index is 2.25. The lowest BCUT2D eigenvalue weighted by atomic mass is 10.2. The van der Waals surface area contributed by atoms with Crippen LogP contribution in [0.25, 0.3) is 0 Å². The summed E-state index contributed by atoms with van der Waals surface area (Å²) in [5, 5.41) is 2.23. The predicted molar refractivity (Wildman–Crippen MR) is 94.7 cm³/mol. The Bertz CT molecular complexity index is 921. The molecule has 0 aliphatic heterocycles. The van der Waals surface area contributed by atoms with Crippen molar-refractivity contribution in [2.45, 2.75) is 12.7 Å². The summed E-state index contributed by atoms with van der Waals surface area (Å²) in [7, 11) is -4.08. The second kappa shape index (κ2) is 8.13. The number of nitrogens with zero attached hydrogens (tertiary/aromatic N) is 2. The van der Waals surface area contributed by atoms with Crippen LogP contribution in [0.3, 0.4) is 0 Å². The first-order chi connectivity index (χ1) is 12.5. The third kappa shape index (κ3) is 5.83. The maximum Gasteiger partial charge on any atom is 0.416 e. The third-order valence-electron chi connectivity index (χ3n) is 3.42. The number of halogens is 4. The van der Waals surface area contributed by atoms with Crippen molar-refractivity contribution in [2.75, 3.05) is 17.1 Å². The highest BCUT2D eigenvalue weighted by Crippen LogP contribution is 2.36. The van der Waals surface area contributed by atoms with E-state index in [1.54, 1.807) is 18.2 Å². The monoisotopic (exact) mass is 421 g/mol. The summed E-state index contributed by atoms with van der Waals surface area (Å²) in [5.41, 5.74) is -0.972. The van der Waals surface area contributed by atoms with Gasteiger partial charge in [-0.05, 0) is 30.3 Å². The van der Waals surface area contributed by atoms with E-state index >= 15 is 0 Å². The number of hydrogen-bond donors (Lipinski definition) is 1. The number of nitrogens with one attached hydrogen (secondary N) is 1. The van der Waals surface area contributed by atoms with Crippen molar-refractivity contribution in [3.05, 3.63) is 58.9 Å². The summed E-state index contributed by atoms with van der Waals surface area (Å²) in [6.07, 6.45) is -2.40. The molecular formula is C16H15ClF3N3O3S. The van der Waals surface area contributed by atoms with E-state index in [0.29, 0.717) is 16.1 Å². The fraction of sp³-hybridized carbons (Fsp3) is 0.250. The maximum atomic E-state index is 12.9. The highest BCUT2D eigenvalue weighted by Gasteiger charge is 2.33. The molecule has 0 radical (unpaired) electrons. The number of benzene rings is 1. The molecule has 27 heavy (non-hydrogen) atoms. The lowest BCUT2D eigenvalue weighted by Gasteiger charge is -2.24. The summed E-state index contributed by atoms with van der Waals surface area (Å²) in [6.45, 7) is -0.694. The molecule has 0 bridgehead atoms. The highest BCUT2D eigenvalue weighted by atomic mass is 35.5. The number of aromatic nitrogens is 1. The van der Waals surface area contributed by atoms with Crippen molar-refractivity contribution in [1.29, 1.82) is 0 Å². The minimum absolute atomic E-state index is 0.0353. The van der Waals surface area contributed by atoms with Crippen molar-refractivity contribution >= 4 is 33.2 Å². The molecule has 0 spiro atoms. The normalized spacial score (nSPS) is 11.9. The summed E-state index contributed by atoms with van der Waals surface area (Å²) in [5.74, 6) is -0.723. The van der Waals surface area contributed by atoms with Gasteiger partial charge in [-0.2, -0.15) is 13.2 Å². The fourth-order valence-corrected chi connectivity index (χ4v) is 3.27. The Hall–Kier alpha value is -2.33. The van der Waals surface area contributed by atoms with Gasteiger partial charge in [0, 0.05) is 6.20 Å². The molecule has 1 aromatic carbocycles. The molecule has 0 atom stereocenters. The molecule has 0 aliphatic rings. The Labute approximate surface area is 159 Å². The lowest BCUT2D eigenvalue weighted by molar-refractivity contribution is -0.137. The zero-order chi connectivity index (χ0) is 20.2. The summed E-state index contributed by atoms with van der Waals surface area (Å²) in [6, 6.07) is 7.30. The first-order valence-electron chi connectivity index (χ1n) is 7.49. The summed E-state index contributed by atoms with van der Waals surface area (Å²) >= 11 is 5.89. The average Bonchev–Trinajstić information content (AvgIpc) is 2.57. The maximum absolute atomic E-state index is 12.9. The number of carbonyl (C=O) groups excluding carboxylic acids is 1. The van der Waals surface area contributed by atoms with Crippen LogP contribution in [0.2, 0.25) is 5.02 Å². The van der Waals surface area contributed by atoms with Gasteiger partial charge < -0.3 is 5.32 Å². The highest BCUT2D eigenvalue weighted by molar-refractivity contribution is 7.92. The van der Waals surface area contributed by atoms with Crippen molar-refractivity contribution in [1.82, 2.24) is 10.3 Å². The van der Waals surface area contributed by atoms with Crippen LogP contribution < -0.4 is 9.62 Å². The Morgan fingerprint density at radius 1 is 1.26 bits per heavy atom. The van der Waals surface area contributed by atoms with Crippen molar-refractivity contribution in [3.63, 3.8) is 0 Å². The molecule has 1 N–H and O–H groups in total. The van der Waals surface area contributed by atoms with Gasteiger partial charge in [0.2, 0.25) is 15.9 Å². The van der Waals surface area contributed by atoms with Gasteiger partial charge in [0.1, 0.15) is 6.54 Å². The minimum atomic E-state index is -4.69. The summed E-state index contributed by atoms with van der Waals surface area (Å²) in [4.78, 5) is 16.1. The molecule has 2 rings (SSSR count). The number of alkyl halides is 3. The number of amides is 1. The minimum Gasteiger partial charge on any atom is -0.349 e. The number of carbonyl (C=O) groups is 1. The van der Waals surface area contributed by atoms with Crippen LogP contribution in [-0.2, 0) is 27.5 Å². The number of anilines is 1. The van der Waals surface area contributed by atoms with Gasteiger partial charge in [-0.15, -0.1) is 0 Å². The van der Waals surface area contributed by atoms with Gasteiger partial charge >= 0.3 is 6.18 Å². The van der Waals surface area contributed by atoms with Crippen LogP contribution in [0.15, 0.2) is 42.6 Å². The van der Waals surface area contributed by atoms with Crippen LogP contribution in [0.5, 0.6) is 0 Å². The number of sulfonamides is 1. The van der Waals surface area contributed by atoms with Crippen LogP contribution in [0, 0.1) is 0 Å². The molecule has 6 nitrogen and oxygen atoms in total. The quantitative estimate of drug-likeness (QED) is 0.777. The first kappa shape index (κ1) is 21.0. The first-order valence-corrected chi connectivity index (χ1v) is 9.72. The van der Waals surface area contributed by atoms with Crippen LogP contribution >= 0.6 is 11.6 Å². The van der Waals surface area contributed by atoms with E-state index in [1.807, 2.05) is 0 Å². The number of rotatable bonds is 6. The van der Waals surface area contributed by atoms with Gasteiger partial charge in [0.15, 0.2) is 0 Å². The smallest absolute Gasteiger partial charge is 0.349 e. The molecule has 1 amide bonds. The molecule has 1 heterocycles. The molecular weight excluding hydrogens is 407 g/mol. The molecule has 11 heteroatoms. The van der Waals surface area contributed by atoms with E-state index in [1.165, 1.54) is 6.20 Å². The SMILES string of the molecule is CS(=O)(=O)N(CC(=O)NCc1ccccn1)c1cc(C(F)(F)F)ccc1Cl. The molecule has 2 aromatic rings. The zero-order valence-corrected chi connectivity index (χ0v) is 15.6. The molecule has 0 saturated heterocycles. The average molecular weight is 422 g/mol. The van der Waals surface area contributed by atoms with E-state index in [9.17, 15) is 26.4 Å². The molecule has 0 unspecified atom stereocenters. The van der Waals surface area contributed by atoms with E-state index in [0.717, 1.165) is 18.4 Å². The lowest BCUT2D eigenvalue weighted by Crippen LogP contribution is -2.40. The molecule has 0 saturated carbocycles. The number of pyridine rings is 1. The predicted octanol–water partition coefficient (Wildman–Crippen LogP) is 2.84. The van der Waals surface area contributed by atoms with Crippen LogP contribution in [0.1, 0.15) is 11.3 Å². The summed E-state index contributed by atoms with van der Waals surface area (Å²) < 4.78 is 63.4. The second-order valence-corrected chi connectivity index (χ2v) is 7.85. The largest absolute Gasteiger partial charge is 0.416 e. The van der Waals surface area contributed by atoms with Gasteiger partial charge in [-0.25, -0.2) is 8.42 Å². The van der Waals surface area contributed by atoms with Crippen molar-refractivity contribution in [3.8, 4) is 0 Å². The Morgan fingerprint density at radius 2 is 1.96 bits per heavy atom. The third-order valence-corrected chi connectivity index (χ3v) is 4.87. The molecule has 146 valence electrons. The van der Waals surface area contributed by atoms with E-state index < -0.39 is 39.9 Å². The van der Waals surface area contributed by atoms with E-state index in [2.05, 4.69) is 10.3 Å². The Morgan fingerprint density at radius 3 is 2.52 bits per heavy atom.